The van der Waals surface area contributed by atoms with Gasteiger partial charge in [0, 0.05) is 16.9 Å². The summed E-state index contributed by atoms with van der Waals surface area (Å²) < 4.78 is 49.9. The first-order valence-corrected chi connectivity index (χ1v) is 10.6. The standard InChI is InChI=1S/C23H21F3O4S/c1-14-7-16(12-31-13-22(27)28)9-20(8-14)29-11-18-10-21(30-15(18)2)17-3-5-19(6-4-17)23(24,25)26/h3-10H,11-13H2,1-2H3,(H,27,28). The van der Waals surface area contributed by atoms with E-state index in [2.05, 4.69) is 0 Å². The zero-order valence-corrected chi connectivity index (χ0v) is 17.8. The van der Waals surface area contributed by atoms with E-state index < -0.39 is 17.7 Å². The van der Waals surface area contributed by atoms with Gasteiger partial charge in [-0.3, -0.25) is 4.79 Å². The second-order valence-corrected chi connectivity index (χ2v) is 8.08. The monoisotopic (exact) mass is 450 g/mol. The predicted molar refractivity (Wildman–Crippen MR) is 113 cm³/mol. The van der Waals surface area contributed by atoms with E-state index in [9.17, 15) is 18.0 Å². The number of hydrogen-bond donors (Lipinski definition) is 1. The molecule has 0 saturated carbocycles. The highest BCUT2D eigenvalue weighted by atomic mass is 32.2. The zero-order chi connectivity index (χ0) is 22.6. The van der Waals surface area contributed by atoms with Crippen molar-refractivity contribution in [3.05, 3.63) is 76.5 Å². The van der Waals surface area contributed by atoms with E-state index in [1.54, 1.807) is 13.0 Å². The molecule has 4 nitrogen and oxygen atoms in total. The fourth-order valence-corrected chi connectivity index (χ4v) is 3.72. The van der Waals surface area contributed by atoms with Crippen LogP contribution in [0.2, 0.25) is 0 Å². The molecule has 0 aliphatic heterocycles. The van der Waals surface area contributed by atoms with E-state index in [1.165, 1.54) is 23.9 Å². The summed E-state index contributed by atoms with van der Waals surface area (Å²) in [5.74, 6) is 1.49. The summed E-state index contributed by atoms with van der Waals surface area (Å²) >= 11 is 1.31. The highest BCUT2D eigenvalue weighted by molar-refractivity contribution is 7.99. The topological polar surface area (TPSA) is 59.7 Å². The van der Waals surface area contributed by atoms with Gasteiger partial charge >= 0.3 is 12.1 Å². The average molecular weight is 450 g/mol. The fraction of sp³-hybridized carbons (Fsp3) is 0.261. The predicted octanol–water partition coefficient (Wildman–Crippen LogP) is 6.48. The van der Waals surface area contributed by atoms with E-state index in [0.29, 0.717) is 28.6 Å². The van der Waals surface area contributed by atoms with Crippen LogP contribution in [0, 0.1) is 13.8 Å². The Hall–Kier alpha value is -2.87. The molecule has 1 aromatic heterocycles. The van der Waals surface area contributed by atoms with Crippen molar-refractivity contribution in [2.45, 2.75) is 32.4 Å². The number of aliphatic carboxylic acids is 1. The summed E-state index contributed by atoms with van der Waals surface area (Å²) in [6.07, 6.45) is -4.38. The van der Waals surface area contributed by atoms with Gasteiger partial charge in [0.05, 0.1) is 11.3 Å². The molecule has 3 aromatic rings. The zero-order valence-electron chi connectivity index (χ0n) is 17.0. The smallest absolute Gasteiger partial charge is 0.416 e. The van der Waals surface area contributed by atoms with Crippen LogP contribution in [0.4, 0.5) is 13.2 Å². The molecule has 0 amide bonds. The van der Waals surface area contributed by atoms with Crippen LogP contribution in [0.15, 0.2) is 52.9 Å². The van der Waals surface area contributed by atoms with Crippen molar-refractivity contribution in [3.8, 4) is 17.1 Å². The number of ether oxygens (including phenoxy) is 1. The van der Waals surface area contributed by atoms with Crippen LogP contribution >= 0.6 is 11.8 Å². The van der Waals surface area contributed by atoms with Crippen molar-refractivity contribution in [3.63, 3.8) is 0 Å². The normalized spacial score (nSPS) is 11.5. The molecule has 3 rings (SSSR count). The molecule has 164 valence electrons. The van der Waals surface area contributed by atoms with Gasteiger partial charge < -0.3 is 14.3 Å². The quantitative estimate of drug-likeness (QED) is 0.426. The van der Waals surface area contributed by atoms with Gasteiger partial charge in [-0.05, 0) is 55.3 Å². The lowest BCUT2D eigenvalue weighted by Crippen LogP contribution is -2.03. The Morgan fingerprint density at radius 3 is 2.45 bits per heavy atom. The van der Waals surface area contributed by atoms with Crippen LogP contribution in [-0.2, 0) is 23.3 Å². The van der Waals surface area contributed by atoms with Crippen molar-refractivity contribution in [2.75, 3.05) is 5.75 Å². The van der Waals surface area contributed by atoms with Gasteiger partial charge in [-0.1, -0.05) is 18.2 Å². The van der Waals surface area contributed by atoms with Gasteiger partial charge in [-0.25, -0.2) is 0 Å². The number of carboxylic acid groups (broad SMARTS) is 1. The van der Waals surface area contributed by atoms with Gasteiger partial charge in [0.1, 0.15) is 23.9 Å². The molecule has 0 aliphatic rings. The van der Waals surface area contributed by atoms with E-state index in [4.69, 9.17) is 14.3 Å². The fourth-order valence-electron chi connectivity index (χ4n) is 3.04. The van der Waals surface area contributed by atoms with Crippen molar-refractivity contribution in [1.29, 1.82) is 0 Å². The van der Waals surface area contributed by atoms with Gasteiger partial charge in [-0.2, -0.15) is 13.2 Å². The number of aryl methyl sites for hydroxylation is 2. The summed E-state index contributed by atoms with van der Waals surface area (Å²) in [5, 5.41) is 8.77. The van der Waals surface area contributed by atoms with Crippen LogP contribution in [0.3, 0.4) is 0 Å². The third kappa shape index (κ3) is 6.30. The minimum Gasteiger partial charge on any atom is -0.489 e. The number of benzene rings is 2. The molecule has 0 atom stereocenters. The Balaban J connectivity index is 1.68. The molecule has 8 heteroatoms. The molecule has 0 unspecified atom stereocenters. The first-order chi connectivity index (χ1) is 14.6. The minimum absolute atomic E-state index is 0.0328. The number of carbonyl (C=O) groups is 1. The maximum Gasteiger partial charge on any atom is 0.416 e. The summed E-state index contributed by atoms with van der Waals surface area (Å²) in [7, 11) is 0. The van der Waals surface area contributed by atoms with Crippen molar-refractivity contribution in [1.82, 2.24) is 0 Å². The number of carboxylic acids is 1. The lowest BCUT2D eigenvalue weighted by atomic mass is 10.1. The second kappa shape index (κ2) is 9.51. The molecular formula is C23H21F3O4S. The van der Waals surface area contributed by atoms with Crippen LogP contribution in [-0.4, -0.2) is 16.8 Å². The molecule has 0 saturated heterocycles. The number of rotatable bonds is 8. The van der Waals surface area contributed by atoms with E-state index in [0.717, 1.165) is 28.8 Å². The van der Waals surface area contributed by atoms with Crippen LogP contribution < -0.4 is 4.74 Å². The maximum absolute atomic E-state index is 12.7. The van der Waals surface area contributed by atoms with Crippen molar-refractivity contribution < 1.29 is 32.2 Å². The molecular weight excluding hydrogens is 429 g/mol. The molecule has 0 fully saturated rings. The first kappa shape index (κ1) is 22.8. The first-order valence-electron chi connectivity index (χ1n) is 9.41. The van der Waals surface area contributed by atoms with E-state index in [1.807, 2.05) is 25.1 Å². The summed E-state index contributed by atoms with van der Waals surface area (Å²) in [6, 6.07) is 12.3. The molecule has 0 spiro atoms. The number of halogens is 3. The number of alkyl halides is 3. The SMILES string of the molecule is Cc1cc(CSCC(=O)O)cc(OCc2cc(-c3ccc(C(F)(F)F)cc3)oc2C)c1. The molecule has 0 aliphatic carbocycles. The third-order valence-electron chi connectivity index (χ3n) is 4.52. The van der Waals surface area contributed by atoms with Crippen LogP contribution in [0.1, 0.15) is 28.0 Å². The maximum atomic E-state index is 12.7. The summed E-state index contributed by atoms with van der Waals surface area (Å²) in [4.78, 5) is 10.7. The third-order valence-corrected chi connectivity index (χ3v) is 5.51. The second-order valence-electron chi connectivity index (χ2n) is 7.10. The van der Waals surface area contributed by atoms with Gasteiger partial charge in [0.25, 0.3) is 0 Å². The van der Waals surface area contributed by atoms with E-state index >= 15 is 0 Å². The number of thioether (sulfide) groups is 1. The Morgan fingerprint density at radius 1 is 1.10 bits per heavy atom. The lowest BCUT2D eigenvalue weighted by molar-refractivity contribution is -0.137. The Labute approximate surface area is 182 Å². The van der Waals surface area contributed by atoms with Crippen molar-refractivity contribution in [2.24, 2.45) is 0 Å². The highest BCUT2D eigenvalue weighted by Crippen LogP contribution is 2.32. The largest absolute Gasteiger partial charge is 0.489 e. The Kier molecular flexibility index (Phi) is 7.00. The van der Waals surface area contributed by atoms with E-state index in [-0.39, 0.29) is 12.4 Å². The number of furan rings is 1. The highest BCUT2D eigenvalue weighted by Gasteiger charge is 2.30. The number of hydrogen-bond acceptors (Lipinski definition) is 4. The van der Waals surface area contributed by atoms with Gasteiger partial charge in [0.2, 0.25) is 0 Å². The van der Waals surface area contributed by atoms with Crippen LogP contribution in [0.5, 0.6) is 5.75 Å². The average Bonchev–Trinajstić information content (AvgIpc) is 3.06. The lowest BCUT2D eigenvalue weighted by Gasteiger charge is -2.09. The minimum atomic E-state index is -4.38. The van der Waals surface area contributed by atoms with Gasteiger partial charge in [-0.15, -0.1) is 11.8 Å². The molecule has 2 aromatic carbocycles. The van der Waals surface area contributed by atoms with Crippen LogP contribution in [0.25, 0.3) is 11.3 Å². The molecule has 1 N–H and O–H groups in total. The van der Waals surface area contributed by atoms with Gasteiger partial charge in [0.15, 0.2) is 0 Å². The molecule has 0 bridgehead atoms. The molecule has 1 heterocycles. The Morgan fingerprint density at radius 2 is 1.81 bits per heavy atom. The van der Waals surface area contributed by atoms with Crippen molar-refractivity contribution >= 4 is 17.7 Å². The molecule has 0 radical (unpaired) electrons. The Bertz CT molecular complexity index is 1060. The summed E-state index contributed by atoms with van der Waals surface area (Å²) in [6.45, 7) is 3.95. The summed E-state index contributed by atoms with van der Waals surface area (Å²) in [5.41, 5.74) is 2.60. The molecule has 31 heavy (non-hydrogen) atoms.